The minimum atomic E-state index is 0.0534. The zero-order chi connectivity index (χ0) is 15.4. The van der Waals surface area contributed by atoms with Crippen molar-refractivity contribution in [1.82, 2.24) is 4.90 Å². The van der Waals surface area contributed by atoms with E-state index in [0.717, 1.165) is 6.42 Å². The molecule has 2 unspecified atom stereocenters. The van der Waals surface area contributed by atoms with Gasteiger partial charge in [-0.1, -0.05) is 6.42 Å². The molecule has 1 amide bonds. The molecular weight excluding hydrogens is 262 g/mol. The summed E-state index contributed by atoms with van der Waals surface area (Å²) in [5, 5.41) is 8.83. The summed E-state index contributed by atoms with van der Waals surface area (Å²) < 4.78 is 0. The Morgan fingerprint density at radius 1 is 1.24 bits per heavy atom. The fourth-order valence-corrected chi connectivity index (χ4v) is 3.29. The molecule has 1 aromatic carbocycles. The van der Waals surface area contributed by atoms with Crippen LogP contribution in [0.25, 0.3) is 0 Å². The number of quaternary nitrogens is 1. The predicted molar refractivity (Wildman–Crippen MR) is 82.1 cm³/mol. The van der Waals surface area contributed by atoms with Crippen LogP contribution in [0, 0.1) is 11.3 Å². The maximum absolute atomic E-state index is 12.6. The molecule has 1 N–H and O–H groups in total. The topological polar surface area (TPSA) is 48.5 Å². The van der Waals surface area contributed by atoms with Crippen molar-refractivity contribution in [3.8, 4) is 6.07 Å². The van der Waals surface area contributed by atoms with Crippen LogP contribution in [0.1, 0.15) is 41.6 Å². The summed E-state index contributed by atoms with van der Waals surface area (Å²) in [6.07, 6.45) is 4.71. The van der Waals surface area contributed by atoms with Crippen LogP contribution >= 0.6 is 0 Å². The third kappa shape index (κ3) is 3.43. The van der Waals surface area contributed by atoms with Gasteiger partial charge in [0.15, 0.2) is 0 Å². The highest BCUT2D eigenvalue weighted by atomic mass is 16.2. The van der Waals surface area contributed by atoms with Gasteiger partial charge in [-0.2, -0.15) is 5.26 Å². The summed E-state index contributed by atoms with van der Waals surface area (Å²) in [6, 6.07) is 9.79. The number of benzene rings is 1. The second-order valence-corrected chi connectivity index (χ2v) is 6.14. The molecule has 112 valence electrons. The van der Waals surface area contributed by atoms with Gasteiger partial charge in [-0.25, -0.2) is 0 Å². The number of carbonyl (C=O) groups excluding carboxylic acids is 1. The van der Waals surface area contributed by atoms with Crippen LogP contribution in [0.4, 0.5) is 0 Å². The van der Waals surface area contributed by atoms with Crippen molar-refractivity contribution in [1.29, 1.82) is 5.26 Å². The fraction of sp³-hybridized carbons (Fsp3) is 0.529. The van der Waals surface area contributed by atoms with Crippen LogP contribution in [0.5, 0.6) is 0 Å². The molecule has 0 heterocycles. The Morgan fingerprint density at radius 3 is 2.43 bits per heavy atom. The smallest absolute Gasteiger partial charge is 0.254 e. The second kappa shape index (κ2) is 6.73. The highest BCUT2D eigenvalue weighted by Crippen LogP contribution is 2.22. The lowest BCUT2D eigenvalue weighted by Gasteiger charge is -2.38. The van der Waals surface area contributed by atoms with Gasteiger partial charge >= 0.3 is 0 Å². The second-order valence-electron chi connectivity index (χ2n) is 6.14. The van der Waals surface area contributed by atoms with Gasteiger partial charge in [-0.15, -0.1) is 0 Å². The maximum atomic E-state index is 12.6. The largest absolute Gasteiger partial charge is 0.336 e. The zero-order valence-corrected chi connectivity index (χ0v) is 13.1. The average molecular weight is 286 g/mol. The first-order valence-electron chi connectivity index (χ1n) is 7.62. The molecule has 0 radical (unpaired) electrons. The quantitative estimate of drug-likeness (QED) is 0.904. The van der Waals surface area contributed by atoms with E-state index in [1.165, 1.54) is 24.2 Å². The molecule has 2 rings (SSSR count). The number of likely N-dealkylation sites (N-methyl/N-ethyl adjacent to an activating group) is 2. The van der Waals surface area contributed by atoms with E-state index in [0.29, 0.717) is 23.2 Å². The van der Waals surface area contributed by atoms with Crippen LogP contribution in [0.3, 0.4) is 0 Å². The van der Waals surface area contributed by atoms with Crippen LogP contribution in [-0.4, -0.2) is 44.0 Å². The monoisotopic (exact) mass is 286 g/mol. The van der Waals surface area contributed by atoms with Crippen LogP contribution < -0.4 is 4.90 Å². The van der Waals surface area contributed by atoms with Crippen molar-refractivity contribution in [3.63, 3.8) is 0 Å². The van der Waals surface area contributed by atoms with E-state index < -0.39 is 0 Å². The molecule has 4 heteroatoms. The molecule has 1 fully saturated rings. The molecule has 4 nitrogen and oxygen atoms in total. The highest BCUT2D eigenvalue weighted by Gasteiger charge is 2.34. The Balaban J connectivity index is 2.15. The predicted octanol–water partition coefficient (Wildman–Crippen LogP) is 1.09. The Morgan fingerprint density at radius 2 is 1.86 bits per heavy atom. The minimum Gasteiger partial charge on any atom is -0.336 e. The Kier molecular flexibility index (Phi) is 4.98. The lowest BCUT2D eigenvalue weighted by atomic mass is 9.88. The van der Waals surface area contributed by atoms with Gasteiger partial charge in [0, 0.05) is 19.0 Å². The highest BCUT2D eigenvalue weighted by molar-refractivity contribution is 5.94. The van der Waals surface area contributed by atoms with E-state index in [1.807, 2.05) is 11.9 Å². The third-order valence-corrected chi connectivity index (χ3v) is 4.55. The summed E-state index contributed by atoms with van der Waals surface area (Å²) in [7, 11) is 6.25. The summed E-state index contributed by atoms with van der Waals surface area (Å²) >= 11 is 0. The lowest BCUT2D eigenvalue weighted by molar-refractivity contribution is -0.889. The van der Waals surface area contributed by atoms with Gasteiger partial charge in [0.1, 0.15) is 6.04 Å². The zero-order valence-electron chi connectivity index (χ0n) is 13.1. The summed E-state index contributed by atoms with van der Waals surface area (Å²) in [5.74, 6) is 0.0534. The molecule has 0 spiro atoms. The van der Waals surface area contributed by atoms with Gasteiger partial charge in [-0.3, -0.25) is 4.79 Å². The number of nitrogens with one attached hydrogen (secondary N) is 1. The SMILES string of the molecule is CN(C(=O)c1ccc(C#N)cc1)C1CCCCC1[NH+](C)C. The third-order valence-electron chi connectivity index (χ3n) is 4.55. The van der Waals surface area contributed by atoms with Crippen molar-refractivity contribution < 1.29 is 9.69 Å². The normalized spacial score (nSPS) is 21.9. The van der Waals surface area contributed by atoms with E-state index in [2.05, 4.69) is 20.2 Å². The standard InChI is InChI=1S/C17H23N3O/c1-19(2)15-6-4-5-7-16(15)20(3)17(21)14-10-8-13(12-18)9-11-14/h8-11,15-16H,4-7H2,1-3H3/p+1. The molecule has 2 atom stereocenters. The number of hydrogen-bond donors (Lipinski definition) is 1. The average Bonchev–Trinajstić information content (AvgIpc) is 2.53. The van der Waals surface area contributed by atoms with E-state index in [-0.39, 0.29) is 5.91 Å². The number of rotatable bonds is 3. The van der Waals surface area contributed by atoms with Crippen LogP contribution in [-0.2, 0) is 0 Å². The molecule has 1 aromatic rings. The van der Waals surface area contributed by atoms with Crippen LogP contribution in [0.2, 0.25) is 0 Å². The van der Waals surface area contributed by atoms with Crippen LogP contribution in [0.15, 0.2) is 24.3 Å². The number of nitriles is 1. The van der Waals surface area contributed by atoms with Gasteiger partial charge in [0.05, 0.1) is 31.8 Å². The molecular formula is C17H24N3O+. The molecule has 0 bridgehead atoms. The Bertz CT molecular complexity index is 530. The first kappa shape index (κ1) is 15.5. The molecule has 21 heavy (non-hydrogen) atoms. The number of nitrogens with zero attached hydrogens (tertiary/aromatic N) is 2. The molecule has 1 saturated carbocycles. The van der Waals surface area contributed by atoms with Gasteiger partial charge in [0.25, 0.3) is 5.91 Å². The lowest BCUT2D eigenvalue weighted by Crippen LogP contribution is -3.12. The van der Waals surface area contributed by atoms with Gasteiger partial charge < -0.3 is 9.80 Å². The fourth-order valence-electron chi connectivity index (χ4n) is 3.29. The number of hydrogen-bond acceptors (Lipinski definition) is 2. The Labute approximate surface area is 127 Å². The first-order valence-corrected chi connectivity index (χ1v) is 7.62. The molecule has 1 aliphatic rings. The summed E-state index contributed by atoms with van der Waals surface area (Å²) in [5.41, 5.74) is 1.25. The van der Waals surface area contributed by atoms with E-state index in [9.17, 15) is 4.79 Å². The molecule has 0 saturated heterocycles. The Hall–Kier alpha value is -1.86. The number of amides is 1. The van der Waals surface area contributed by atoms with Crippen molar-refractivity contribution in [3.05, 3.63) is 35.4 Å². The molecule has 1 aliphatic carbocycles. The molecule has 0 aromatic heterocycles. The van der Waals surface area contributed by atoms with E-state index in [4.69, 9.17) is 5.26 Å². The molecule has 0 aliphatic heterocycles. The van der Waals surface area contributed by atoms with E-state index >= 15 is 0 Å². The minimum absolute atomic E-state index is 0.0534. The van der Waals surface area contributed by atoms with Crippen molar-refractivity contribution in [2.45, 2.75) is 37.8 Å². The van der Waals surface area contributed by atoms with Crippen molar-refractivity contribution >= 4 is 5.91 Å². The van der Waals surface area contributed by atoms with E-state index in [1.54, 1.807) is 24.3 Å². The van der Waals surface area contributed by atoms with Crippen molar-refractivity contribution in [2.75, 3.05) is 21.1 Å². The van der Waals surface area contributed by atoms with Gasteiger partial charge in [0.2, 0.25) is 0 Å². The summed E-state index contributed by atoms with van der Waals surface area (Å²) in [4.78, 5) is 16.0. The first-order chi connectivity index (χ1) is 10.0. The van der Waals surface area contributed by atoms with Crippen molar-refractivity contribution in [2.24, 2.45) is 0 Å². The maximum Gasteiger partial charge on any atom is 0.254 e. The number of carbonyl (C=O) groups is 1. The summed E-state index contributed by atoms with van der Waals surface area (Å²) in [6.45, 7) is 0. The van der Waals surface area contributed by atoms with Gasteiger partial charge in [-0.05, 0) is 37.1 Å².